The molecule has 0 aliphatic heterocycles. The van der Waals surface area contributed by atoms with Crippen LogP contribution in [0.3, 0.4) is 0 Å². The van der Waals surface area contributed by atoms with Crippen molar-refractivity contribution in [1.82, 2.24) is 19.9 Å². The minimum Gasteiger partial charge on any atom is -0.382 e. The average molecular weight is 328 g/mol. The zero-order chi connectivity index (χ0) is 13.8. The molecule has 0 aromatic carbocycles. The van der Waals surface area contributed by atoms with E-state index in [-0.39, 0.29) is 11.6 Å². The molecule has 0 amide bonds. The maximum absolute atomic E-state index is 12.0. The first-order chi connectivity index (χ1) is 9.09. The lowest BCUT2D eigenvalue weighted by Crippen LogP contribution is -2.26. The molecular formula is C11H14BrN5O2. The number of nitrogens with one attached hydrogen (secondary N) is 1. The van der Waals surface area contributed by atoms with Crippen molar-refractivity contribution in [3.8, 4) is 0 Å². The maximum Gasteiger partial charge on any atom is 0.283 e. The molecule has 0 saturated carbocycles. The van der Waals surface area contributed by atoms with Gasteiger partial charge in [-0.1, -0.05) is 5.16 Å². The summed E-state index contributed by atoms with van der Waals surface area (Å²) in [7, 11) is 0. The molecule has 2 aromatic rings. The van der Waals surface area contributed by atoms with Gasteiger partial charge in [-0.05, 0) is 29.8 Å². The van der Waals surface area contributed by atoms with Crippen molar-refractivity contribution < 1.29 is 4.52 Å². The Morgan fingerprint density at radius 3 is 2.95 bits per heavy atom. The number of hydrogen-bond donors (Lipinski definition) is 1. The molecule has 19 heavy (non-hydrogen) atoms. The van der Waals surface area contributed by atoms with Crippen LogP contribution in [0, 0.1) is 0 Å². The molecule has 8 heteroatoms. The van der Waals surface area contributed by atoms with Crippen molar-refractivity contribution in [2.75, 3.05) is 11.9 Å². The summed E-state index contributed by atoms with van der Waals surface area (Å²) < 4.78 is 6.78. The topological polar surface area (TPSA) is 85.8 Å². The van der Waals surface area contributed by atoms with Crippen LogP contribution in [0.5, 0.6) is 0 Å². The summed E-state index contributed by atoms with van der Waals surface area (Å²) in [4.78, 5) is 15.9. The second-order valence-electron chi connectivity index (χ2n) is 4.23. The van der Waals surface area contributed by atoms with Crippen LogP contribution < -0.4 is 10.9 Å². The quantitative estimate of drug-likeness (QED) is 0.898. The van der Waals surface area contributed by atoms with E-state index in [1.807, 2.05) is 13.8 Å². The van der Waals surface area contributed by atoms with E-state index in [1.54, 1.807) is 6.20 Å². The molecule has 0 spiro atoms. The van der Waals surface area contributed by atoms with Crippen LogP contribution >= 0.6 is 15.9 Å². The largest absolute Gasteiger partial charge is 0.382 e. The number of anilines is 1. The Bertz CT molecular complexity index is 594. The molecule has 0 radical (unpaired) electrons. The molecule has 2 aromatic heterocycles. The molecule has 0 bridgehead atoms. The van der Waals surface area contributed by atoms with E-state index < -0.39 is 0 Å². The SMILES string of the molecule is CC(C)n1ncc(NCCc2ncno2)c(Br)c1=O. The summed E-state index contributed by atoms with van der Waals surface area (Å²) in [5.74, 6) is 0.548. The van der Waals surface area contributed by atoms with Gasteiger partial charge in [-0.25, -0.2) is 4.68 Å². The molecule has 0 unspecified atom stereocenters. The smallest absolute Gasteiger partial charge is 0.283 e. The Morgan fingerprint density at radius 2 is 2.32 bits per heavy atom. The monoisotopic (exact) mass is 327 g/mol. The Hall–Kier alpha value is -1.70. The van der Waals surface area contributed by atoms with Crippen molar-refractivity contribution in [2.45, 2.75) is 26.3 Å². The van der Waals surface area contributed by atoms with Gasteiger partial charge in [0.1, 0.15) is 4.47 Å². The van der Waals surface area contributed by atoms with E-state index in [1.165, 1.54) is 11.0 Å². The highest BCUT2D eigenvalue weighted by atomic mass is 79.9. The van der Waals surface area contributed by atoms with Crippen LogP contribution in [-0.2, 0) is 6.42 Å². The van der Waals surface area contributed by atoms with Gasteiger partial charge >= 0.3 is 0 Å². The normalized spacial score (nSPS) is 10.9. The Kier molecular flexibility index (Phi) is 4.31. The fourth-order valence-corrected chi connectivity index (χ4v) is 1.97. The van der Waals surface area contributed by atoms with E-state index >= 15 is 0 Å². The molecule has 7 nitrogen and oxygen atoms in total. The van der Waals surface area contributed by atoms with Crippen LogP contribution in [0.4, 0.5) is 5.69 Å². The lowest BCUT2D eigenvalue weighted by atomic mass is 10.3. The molecule has 0 aliphatic rings. The van der Waals surface area contributed by atoms with Crippen LogP contribution in [0.15, 0.2) is 26.3 Å². The third kappa shape index (κ3) is 3.19. The Balaban J connectivity index is 2.05. The lowest BCUT2D eigenvalue weighted by Gasteiger charge is -2.11. The number of aromatic nitrogens is 4. The average Bonchev–Trinajstić information content (AvgIpc) is 2.87. The van der Waals surface area contributed by atoms with Gasteiger partial charge in [-0.15, -0.1) is 0 Å². The third-order valence-corrected chi connectivity index (χ3v) is 3.26. The standard InChI is InChI=1S/C11H14BrN5O2/c1-7(2)17-11(18)10(12)8(5-15-17)13-4-3-9-14-6-16-19-9/h5-7,13H,3-4H2,1-2H3. The molecule has 1 N–H and O–H groups in total. The van der Waals surface area contributed by atoms with Gasteiger partial charge in [0.05, 0.1) is 17.9 Å². The second-order valence-corrected chi connectivity index (χ2v) is 5.02. The number of hydrogen-bond acceptors (Lipinski definition) is 6. The summed E-state index contributed by atoms with van der Waals surface area (Å²) in [6.07, 6.45) is 3.57. The van der Waals surface area contributed by atoms with E-state index in [2.05, 4.69) is 36.5 Å². The zero-order valence-electron chi connectivity index (χ0n) is 10.6. The molecule has 2 heterocycles. The van der Waals surface area contributed by atoms with Gasteiger partial charge in [0.25, 0.3) is 5.56 Å². The van der Waals surface area contributed by atoms with Gasteiger partial charge in [0, 0.05) is 13.0 Å². The van der Waals surface area contributed by atoms with E-state index in [9.17, 15) is 4.79 Å². The highest BCUT2D eigenvalue weighted by Gasteiger charge is 2.10. The van der Waals surface area contributed by atoms with Gasteiger partial charge in [0.2, 0.25) is 5.89 Å². The van der Waals surface area contributed by atoms with Crippen molar-refractivity contribution in [2.24, 2.45) is 0 Å². The van der Waals surface area contributed by atoms with Crippen LogP contribution in [0.1, 0.15) is 25.8 Å². The molecule has 2 rings (SSSR count). The highest BCUT2D eigenvalue weighted by Crippen LogP contribution is 2.17. The molecule has 0 atom stereocenters. The van der Waals surface area contributed by atoms with Crippen LogP contribution in [0.25, 0.3) is 0 Å². The third-order valence-electron chi connectivity index (χ3n) is 2.49. The van der Waals surface area contributed by atoms with E-state index in [4.69, 9.17) is 4.52 Å². The van der Waals surface area contributed by atoms with Gasteiger partial charge in [-0.3, -0.25) is 4.79 Å². The highest BCUT2D eigenvalue weighted by molar-refractivity contribution is 9.10. The fourth-order valence-electron chi connectivity index (χ4n) is 1.55. The summed E-state index contributed by atoms with van der Waals surface area (Å²) in [5.41, 5.74) is 0.499. The first-order valence-electron chi connectivity index (χ1n) is 5.86. The van der Waals surface area contributed by atoms with Crippen LogP contribution in [0.2, 0.25) is 0 Å². The van der Waals surface area contributed by atoms with Gasteiger partial charge in [-0.2, -0.15) is 10.1 Å². The Labute approximate surface area is 118 Å². The van der Waals surface area contributed by atoms with E-state index in [0.717, 1.165) is 0 Å². The number of halogens is 1. The van der Waals surface area contributed by atoms with Crippen molar-refractivity contribution in [3.63, 3.8) is 0 Å². The zero-order valence-corrected chi connectivity index (χ0v) is 12.2. The molecular weight excluding hydrogens is 314 g/mol. The summed E-state index contributed by atoms with van der Waals surface area (Å²) in [5, 5.41) is 10.7. The molecule has 0 aliphatic carbocycles. The second kappa shape index (κ2) is 5.96. The fraction of sp³-hybridized carbons (Fsp3) is 0.455. The number of nitrogens with zero attached hydrogens (tertiary/aromatic N) is 4. The summed E-state index contributed by atoms with van der Waals surface area (Å²) in [6, 6.07) is 0.0243. The summed E-state index contributed by atoms with van der Waals surface area (Å²) >= 11 is 3.29. The first kappa shape index (κ1) is 13.7. The molecule has 102 valence electrons. The maximum atomic E-state index is 12.0. The Morgan fingerprint density at radius 1 is 1.53 bits per heavy atom. The van der Waals surface area contributed by atoms with Gasteiger partial charge < -0.3 is 9.84 Å². The van der Waals surface area contributed by atoms with Gasteiger partial charge in [0.15, 0.2) is 6.33 Å². The first-order valence-corrected chi connectivity index (χ1v) is 6.65. The van der Waals surface area contributed by atoms with E-state index in [0.29, 0.717) is 29.0 Å². The van der Waals surface area contributed by atoms with Crippen molar-refractivity contribution >= 4 is 21.6 Å². The lowest BCUT2D eigenvalue weighted by molar-refractivity contribution is 0.379. The minimum absolute atomic E-state index is 0.0243. The summed E-state index contributed by atoms with van der Waals surface area (Å²) in [6.45, 7) is 4.39. The van der Waals surface area contributed by atoms with Crippen molar-refractivity contribution in [3.05, 3.63) is 33.2 Å². The molecule has 0 saturated heterocycles. The number of rotatable bonds is 5. The predicted octanol–water partition coefficient (Wildman–Crippen LogP) is 1.62. The van der Waals surface area contributed by atoms with Crippen LogP contribution in [-0.4, -0.2) is 26.5 Å². The minimum atomic E-state index is -0.155. The predicted molar refractivity (Wildman–Crippen MR) is 73.1 cm³/mol. The molecule has 0 fully saturated rings. The van der Waals surface area contributed by atoms with Crippen molar-refractivity contribution in [1.29, 1.82) is 0 Å².